The number of nitrogens with one attached hydrogen (secondary N) is 2. The first-order valence-electron chi connectivity index (χ1n) is 10.4. The van der Waals surface area contributed by atoms with Gasteiger partial charge in [0, 0.05) is 19.0 Å². The number of nitriles is 1. The van der Waals surface area contributed by atoms with Crippen molar-refractivity contribution in [3.63, 3.8) is 0 Å². The van der Waals surface area contributed by atoms with E-state index in [4.69, 9.17) is 33.2 Å². The summed E-state index contributed by atoms with van der Waals surface area (Å²) in [5.74, 6) is -3.81. The van der Waals surface area contributed by atoms with Gasteiger partial charge in [-0.05, 0) is 37.1 Å². The number of ether oxygens (including phenoxy) is 1. The number of fused-ring (bicyclic) bond motifs is 1. The van der Waals surface area contributed by atoms with Gasteiger partial charge in [-0.15, -0.1) is 0 Å². The lowest BCUT2D eigenvalue weighted by molar-refractivity contribution is -0.121. The van der Waals surface area contributed by atoms with Gasteiger partial charge in [0.15, 0.2) is 17.6 Å². The number of carbonyl (C=O) groups excluding carboxylic acids is 2. The fourth-order valence-electron chi connectivity index (χ4n) is 3.80. The molecule has 0 radical (unpaired) electrons. The van der Waals surface area contributed by atoms with Gasteiger partial charge in [-0.2, -0.15) is 19.5 Å². The summed E-state index contributed by atoms with van der Waals surface area (Å²) < 4.78 is 35.7. The van der Waals surface area contributed by atoms with Crippen molar-refractivity contribution in [2.24, 2.45) is 0 Å². The molecule has 1 saturated heterocycles. The highest BCUT2D eigenvalue weighted by atomic mass is 35.5. The molecular formula is C22H16Cl2F2N6O3. The Morgan fingerprint density at radius 3 is 2.49 bits per heavy atom. The molecule has 1 atom stereocenters. The first-order valence-corrected chi connectivity index (χ1v) is 11.2. The minimum absolute atomic E-state index is 0.0316. The quantitative estimate of drug-likeness (QED) is 0.487. The Morgan fingerprint density at radius 2 is 1.89 bits per heavy atom. The fraction of sp³-hybridized carbons (Fsp3) is 0.273. The van der Waals surface area contributed by atoms with Crippen LogP contribution in [0.2, 0.25) is 10.0 Å². The van der Waals surface area contributed by atoms with E-state index in [0.29, 0.717) is 16.8 Å². The van der Waals surface area contributed by atoms with Crippen LogP contribution >= 0.6 is 23.2 Å². The first-order chi connectivity index (χ1) is 16.6. The molecule has 0 spiro atoms. The zero-order chi connectivity index (χ0) is 25.1. The van der Waals surface area contributed by atoms with E-state index in [1.807, 2.05) is 0 Å². The number of aromatic nitrogens is 2. The molecular weight excluding hydrogens is 505 g/mol. The molecule has 1 aliphatic carbocycles. The van der Waals surface area contributed by atoms with Gasteiger partial charge in [0.1, 0.15) is 5.75 Å². The Morgan fingerprint density at radius 1 is 1.20 bits per heavy atom. The summed E-state index contributed by atoms with van der Waals surface area (Å²) in [7, 11) is 0. The molecule has 0 bridgehead atoms. The van der Waals surface area contributed by atoms with Gasteiger partial charge >= 0.3 is 12.0 Å². The number of anilines is 1. The molecule has 3 amide bonds. The number of alkyl halides is 2. The van der Waals surface area contributed by atoms with Crippen LogP contribution in [0.25, 0.3) is 11.0 Å². The lowest BCUT2D eigenvalue weighted by Crippen LogP contribution is -2.64. The van der Waals surface area contributed by atoms with E-state index >= 15 is 0 Å². The van der Waals surface area contributed by atoms with Gasteiger partial charge in [0.2, 0.25) is 0 Å². The van der Waals surface area contributed by atoms with E-state index in [2.05, 4.69) is 15.7 Å². The lowest BCUT2D eigenvalue weighted by Gasteiger charge is -2.30. The van der Waals surface area contributed by atoms with E-state index in [0.717, 1.165) is 24.8 Å². The molecule has 180 valence electrons. The maximum absolute atomic E-state index is 14.2. The van der Waals surface area contributed by atoms with Crippen molar-refractivity contribution < 1.29 is 23.1 Å². The SMILES string of the molecule is CC(F)(F)c1nc2ccc(Oc3c(Cl)cc(N4NC(C#N)C(=O)NC4=O)cc3Cl)cc2n1C1CC1. The van der Waals surface area contributed by atoms with Crippen LogP contribution < -0.4 is 20.5 Å². The molecule has 5 rings (SSSR count). The third kappa shape index (κ3) is 4.25. The van der Waals surface area contributed by atoms with Gasteiger partial charge in [-0.3, -0.25) is 10.1 Å². The highest BCUT2D eigenvalue weighted by molar-refractivity contribution is 6.37. The van der Waals surface area contributed by atoms with E-state index in [9.17, 15) is 18.4 Å². The van der Waals surface area contributed by atoms with Crippen molar-refractivity contribution in [1.29, 1.82) is 5.26 Å². The summed E-state index contributed by atoms with van der Waals surface area (Å²) in [5.41, 5.74) is 3.56. The molecule has 2 heterocycles. The highest BCUT2D eigenvalue weighted by Gasteiger charge is 2.38. The highest BCUT2D eigenvalue weighted by Crippen LogP contribution is 2.44. The minimum Gasteiger partial charge on any atom is -0.454 e. The van der Waals surface area contributed by atoms with Crippen molar-refractivity contribution in [1.82, 2.24) is 20.3 Å². The number of amides is 3. The maximum atomic E-state index is 14.2. The Bertz CT molecular complexity index is 1400. The number of urea groups is 1. The van der Waals surface area contributed by atoms with Crippen molar-refractivity contribution in [2.75, 3.05) is 5.01 Å². The standard InChI is InChI=1S/C22H16Cl2F2N6O3/c1-22(25,26)20-28-15-5-4-12(8-17(15)31(20)10-2-3-10)35-18-13(23)6-11(7-14(18)24)32-21(34)29-19(33)16(9-27)30-32/h4-8,10,16,30H,2-3H2,1H3,(H,29,33,34). The number of carbonyl (C=O) groups is 2. The van der Waals surface area contributed by atoms with Crippen LogP contribution in [0.15, 0.2) is 30.3 Å². The van der Waals surface area contributed by atoms with Gasteiger partial charge in [0.05, 0.1) is 32.8 Å². The number of rotatable bonds is 5. The fourth-order valence-corrected chi connectivity index (χ4v) is 4.35. The smallest absolute Gasteiger partial charge is 0.343 e. The van der Waals surface area contributed by atoms with Crippen molar-refractivity contribution >= 4 is 51.9 Å². The Balaban J connectivity index is 1.47. The van der Waals surface area contributed by atoms with Crippen LogP contribution in [-0.2, 0) is 10.7 Å². The number of halogens is 4. The second-order valence-electron chi connectivity index (χ2n) is 8.24. The normalized spacial score (nSPS) is 18.5. The molecule has 2 N–H and O–H groups in total. The number of hydrogen-bond acceptors (Lipinski definition) is 6. The van der Waals surface area contributed by atoms with E-state index in [1.54, 1.807) is 28.8 Å². The number of nitrogens with zero attached hydrogens (tertiary/aromatic N) is 4. The second-order valence-corrected chi connectivity index (χ2v) is 9.05. The van der Waals surface area contributed by atoms with Crippen LogP contribution in [0.3, 0.4) is 0 Å². The van der Waals surface area contributed by atoms with Gasteiger partial charge in [-0.1, -0.05) is 23.2 Å². The van der Waals surface area contributed by atoms with Crippen molar-refractivity contribution in [2.45, 2.75) is 37.8 Å². The average Bonchev–Trinajstić information content (AvgIpc) is 3.55. The van der Waals surface area contributed by atoms with Crippen LogP contribution in [0.1, 0.15) is 31.6 Å². The third-order valence-electron chi connectivity index (χ3n) is 5.51. The van der Waals surface area contributed by atoms with E-state index in [1.165, 1.54) is 12.1 Å². The zero-order valence-corrected chi connectivity index (χ0v) is 19.5. The van der Waals surface area contributed by atoms with Crippen molar-refractivity contribution in [3.8, 4) is 17.6 Å². The summed E-state index contributed by atoms with van der Waals surface area (Å²) in [5, 5.41) is 12.1. The largest absolute Gasteiger partial charge is 0.454 e. The summed E-state index contributed by atoms with van der Waals surface area (Å²) in [6, 6.07) is 7.04. The molecule has 13 heteroatoms. The summed E-state index contributed by atoms with van der Waals surface area (Å²) in [4.78, 5) is 28.0. The summed E-state index contributed by atoms with van der Waals surface area (Å²) >= 11 is 12.8. The molecule has 2 fully saturated rings. The second kappa shape index (κ2) is 8.34. The van der Waals surface area contributed by atoms with Crippen LogP contribution in [0, 0.1) is 11.3 Å². The molecule has 35 heavy (non-hydrogen) atoms. The number of benzene rings is 2. The predicted molar refractivity (Wildman–Crippen MR) is 123 cm³/mol. The third-order valence-corrected chi connectivity index (χ3v) is 6.07. The van der Waals surface area contributed by atoms with E-state index in [-0.39, 0.29) is 33.3 Å². The summed E-state index contributed by atoms with van der Waals surface area (Å²) in [6.07, 6.45) is 1.57. The van der Waals surface area contributed by atoms with Crippen molar-refractivity contribution in [3.05, 3.63) is 46.2 Å². The van der Waals surface area contributed by atoms with Crippen LogP contribution in [0.5, 0.6) is 11.5 Å². The zero-order valence-electron chi connectivity index (χ0n) is 18.0. The molecule has 3 aromatic rings. The number of imidazole rings is 1. The molecule has 9 nitrogen and oxygen atoms in total. The monoisotopic (exact) mass is 520 g/mol. The molecule has 2 aromatic carbocycles. The van der Waals surface area contributed by atoms with Gasteiger partial charge < -0.3 is 9.30 Å². The average molecular weight is 521 g/mol. The molecule has 1 aromatic heterocycles. The number of hydrogen-bond donors (Lipinski definition) is 2. The van der Waals surface area contributed by atoms with E-state index < -0.39 is 23.9 Å². The molecule has 1 aliphatic heterocycles. The Kier molecular flexibility index (Phi) is 5.55. The lowest BCUT2D eigenvalue weighted by atomic mass is 10.2. The van der Waals surface area contributed by atoms with Crippen LogP contribution in [0.4, 0.5) is 19.3 Å². The molecule has 1 saturated carbocycles. The number of hydrazine groups is 1. The summed E-state index contributed by atoms with van der Waals surface area (Å²) in [6.45, 7) is 0.817. The van der Waals surface area contributed by atoms with Gasteiger partial charge in [0.25, 0.3) is 5.91 Å². The Hall–Kier alpha value is -3.46. The molecule has 2 aliphatic rings. The minimum atomic E-state index is -3.10. The Labute approximate surface area is 207 Å². The first kappa shape index (κ1) is 23.3. The van der Waals surface area contributed by atoms with Gasteiger partial charge in [-0.25, -0.2) is 14.8 Å². The maximum Gasteiger partial charge on any atom is 0.343 e. The predicted octanol–water partition coefficient (Wildman–Crippen LogP) is 5.03. The molecule has 1 unspecified atom stereocenters. The topological polar surface area (TPSA) is 112 Å². The number of imide groups is 1. The van der Waals surface area contributed by atoms with Crippen LogP contribution in [-0.4, -0.2) is 27.5 Å².